The van der Waals surface area contributed by atoms with Gasteiger partial charge in [0, 0.05) is 19.6 Å². The molecule has 7 nitrogen and oxygen atoms in total. The summed E-state index contributed by atoms with van der Waals surface area (Å²) in [5.74, 6) is 0.962. The standard InChI is InChI=1S/C17H26N4O3S/c1-3-4-7-21-16-6-5-14(25(18,22)23)10-15(16)19-17(21)12-20-8-9-24-13(2)11-20/h5-6,10,13H,3-4,7-9,11-12H2,1-2H3,(H2,18,22,23)/t13-/m0/s1. The number of fused-ring (bicyclic) bond motifs is 1. The van der Waals surface area contributed by atoms with E-state index in [1.54, 1.807) is 12.1 Å². The smallest absolute Gasteiger partial charge is 0.238 e. The molecule has 2 aromatic rings. The fraction of sp³-hybridized carbons (Fsp3) is 0.588. The summed E-state index contributed by atoms with van der Waals surface area (Å²) >= 11 is 0. The van der Waals surface area contributed by atoms with Gasteiger partial charge in [-0.05, 0) is 31.5 Å². The number of sulfonamides is 1. The maximum Gasteiger partial charge on any atom is 0.238 e. The first-order valence-corrected chi connectivity index (χ1v) is 10.3. The third-order valence-corrected chi connectivity index (χ3v) is 5.46. The number of unbranched alkanes of at least 4 members (excludes halogenated alkanes) is 1. The number of aryl methyl sites for hydroxylation is 1. The monoisotopic (exact) mass is 366 g/mol. The molecule has 1 aromatic heterocycles. The minimum Gasteiger partial charge on any atom is -0.376 e. The molecule has 1 aromatic carbocycles. The number of imidazole rings is 1. The van der Waals surface area contributed by atoms with Crippen LogP contribution in [0.15, 0.2) is 23.1 Å². The van der Waals surface area contributed by atoms with Crippen molar-refractivity contribution in [3.8, 4) is 0 Å². The normalized spacial score (nSPS) is 19.6. The molecule has 2 heterocycles. The van der Waals surface area contributed by atoms with Crippen LogP contribution >= 0.6 is 0 Å². The van der Waals surface area contributed by atoms with Crippen molar-refractivity contribution in [2.75, 3.05) is 19.7 Å². The van der Waals surface area contributed by atoms with Crippen molar-refractivity contribution >= 4 is 21.1 Å². The van der Waals surface area contributed by atoms with E-state index in [1.807, 2.05) is 6.07 Å². The number of nitrogens with zero attached hydrogens (tertiary/aromatic N) is 3. The molecule has 0 saturated carbocycles. The van der Waals surface area contributed by atoms with E-state index in [-0.39, 0.29) is 11.0 Å². The molecule has 0 radical (unpaired) electrons. The van der Waals surface area contributed by atoms with E-state index in [4.69, 9.17) is 14.9 Å². The molecule has 0 amide bonds. The van der Waals surface area contributed by atoms with Gasteiger partial charge >= 0.3 is 0 Å². The van der Waals surface area contributed by atoms with Crippen molar-refractivity contribution < 1.29 is 13.2 Å². The average molecular weight is 366 g/mol. The average Bonchev–Trinajstić information content (AvgIpc) is 2.88. The summed E-state index contributed by atoms with van der Waals surface area (Å²) in [5, 5.41) is 5.25. The molecular formula is C17H26N4O3S. The van der Waals surface area contributed by atoms with Crippen molar-refractivity contribution in [1.29, 1.82) is 0 Å². The lowest BCUT2D eigenvalue weighted by Gasteiger charge is -2.30. The topological polar surface area (TPSA) is 90.4 Å². The third kappa shape index (κ3) is 4.20. The highest BCUT2D eigenvalue weighted by Gasteiger charge is 2.20. The van der Waals surface area contributed by atoms with Crippen LogP contribution < -0.4 is 5.14 Å². The Morgan fingerprint density at radius 2 is 2.20 bits per heavy atom. The van der Waals surface area contributed by atoms with Crippen LogP contribution in [0.25, 0.3) is 11.0 Å². The van der Waals surface area contributed by atoms with Crippen molar-refractivity contribution in [3.05, 3.63) is 24.0 Å². The molecule has 1 saturated heterocycles. The lowest BCUT2D eigenvalue weighted by atomic mass is 10.3. The van der Waals surface area contributed by atoms with Crippen LogP contribution in [-0.2, 0) is 27.8 Å². The molecule has 1 aliphatic rings. The summed E-state index contributed by atoms with van der Waals surface area (Å²) in [6.45, 7) is 8.31. The summed E-state index contributed by atoms with van der Waals surface area (Å²) in [4.78, 5) is 7.15. The summed E-state index contributed by atoms with van der Waals surface area (Å²) in [5.41, 5.74) is 1.64. The molecule has 0 unspecified atom stereocenters. The number of aromatic nitrogens is 2. The number of benzene rings is 1. The second-order valence-corrected chi connectivity index (χ2v) is 8.21. The second-order valence-electron chi connectivity index (χ2n) is 6.65. The zero-order valence-electron chi connectivity index (χ0n) is 14.8. The number of rotatable bonds is 6. The van der Waals surface area contributed by atoms with Crippen LogP contribution in [-0.4, -0.2) is 48.7 Å². The number of primary sulfonamides is 1. The number of hydrogen-bond donors (Lipinski definition) is 1. The summed E-state index contributed by atoms with van der Waals surface area (Å²) in [6, 6.07) is 4.93. The highest BCUT2D eigenvalue weighted by Crippen LogP contribution is 2.22. The van der Waals surface area contributed by atoms with Gasteiger partial charge < -0.3 is 9.30 Å². The molecule has 0 spiro atoms. The van der Waals surface area contributed by atoms with Gasteiger partial charge in [-0.2, -0.15) is 0 Å². The van der Waals surface area contributed by atoms with E-state index in [1.165, 1.54) is 0 Å². The lowest BCUT2D eigenvalue weighted by molar-refractivity contribution is -0.0222. The molecule has 2 N–H and O–H groups in total. The zero-order valence-corrected chi connectivity index (χ0v) is 15.6. The maximum absolute atomic E-state index is 11.6. The van der Waals surface area contributed by atoms with E-state index in [0.717, 1.165) is 57.0 Å². The van der Waals surface area contributed by atoms with Gasteiger partial charge in [0.25, 0.3) is 0 Å². The van der Waals surface area contributed by atoms with Gasteiger partial charge in [-0.3, -0.25) is 4.90 Å². The summed E-state index contributed by atoms with van der Waals surface area (Å²) in [7, 11) is -3.73. The molecular weight excluding hydrogens is 340 g/mol. The van der Waals surface area contributed by atoms with E-state index in [9.17, 15) is 8.42 Å². The Labute approximate surface area is 148 Å². The Bertz CT molecular complexity index is 847. The Balaban J connectivity index is 1.97. The molecule has 0 bridgehead atoms. The molecule has 1 fully saturated rings. The molecule has 1 aliphatic heterocycles. The van der Waals surface area contributed by atoms with Crippen molar-refractivity contribution in [2.45, 2.75) is 50.8 Å². The van der Waals surface area contributed by atoms with Crippen molar-refractivity contribution in [1.82, 2.24) is 14.5 Å². The first kappa shape index (κ1) is 18.3. The number of hydrogen-bond acceptors (Lipinski definition) is 5. The Morgan fingerprint density at radius 1 is 1.40 bits per heavy atom. The SMILES string of the molecule is CCCCn1c(CN2CCO[C@@H](C)C2)nc2cc(S(N)(=O)=O)ccc21. The van der Waals surface area contributed by atoms with E-state index in [2.05, 4.69) is 23.3 Å². The van der Waals surface area contributed by atoms with Gasteiger partial charge in [0.2, 0.25) is 10.0 Å². The van der Waals surface area contributed by atoms with Gasteiger partial charge in [-0.1, -0.05) is 13.3 Å². The first-order chi connectivity index (χ1) is 11.9. The number of morpholine rings is 1. The predicted molar refractivity (Wildman–Crippen MR) is 96.7 cm³/mol. The van der Waals surface area contributed by atoms with Crippen LogP contribution in [0.5, 0.6) is 0 Å². The minimum atomic E-state index is -3.73. The van der Waals surface area contributed by atoms with Crippen molar-refractivity contribution in [2.24, 2.45) is 5.14 Å². The third-order valence-electron chi connectivity index (χ3n) is 4.55. The first-order valence-electron chi connectivity index (χ1n) is 8.74. The highest BCUT2D eigenvalue weighted by atomic mass is 32.2. The van der Waals surface area contributed by atoms with Crippen LogP contribution in [0.2, 0.25) is 0 Å². The summed E-state index contributed by atoms with van der Waals surface area (Å²) < 4.78 is 31.0. The molecule has 25 heavy (non-hydrogen) atoms. The van der Waals surface area contributed by atoms with Gasteiger partial charge in [0.05, 0.1) is 35.2 Å². The van der Waals surface area contributed by atoms with Crippen LogP contribution in [0, 0.1) is 0 Å². The molecule has 1 atom stereocenters. The van der Waals surface area contributed by atoms with Gasteiger partial charge in [-0.15, -0.1) is 0 Å². The number of nitrogens with two attached hydrogens (primary N) is 1. The Hall–Kier alpha value is -1.48. The van der Waals surface area contributed by atoms with Crippen molar-refractivity contribution in [3.63, 3.8) is 0 Å². The van der Waals surface area contributed by atoms with Crippen LogP contribution in [0.1, 0.15) is 32.5 Å². The lowest BCUT2D eigenvalue weighted by Crippen LogP contribution is -2.41. The maximum atomic E-state index is 11.6. The fourth-order valence-electron chi connectivity index (χ4n) is 3.26. The van der Waals surface area contributed by atoms with E-state index >= 15 is 0 Å². The van der Waals surface area contributed by atoms with Gasteiger partial charge in [0.1, 0.15) is 5.82 Å². The predicted octanol–water partition coefficient (Wildman–Crippen LogP) is 1.70. The highest BCUT2D eigenvalue weighted by molar-refractivity contribution is 7.89. The molecule has 138 valence electrons. The summed E-state index contributed by atoms with van der Waals surface area (Å²) in [6.07, 6.45) is 2.36. The molecule has 3 rings (SSSR count). The van der Waals surface area contributed by atoms with E-state index in [0.29, 0.717) is 5.52 Å². The Morgan fingerprint density at radius 3 is 2.88 bits per heavy atom. The molecule has 0 aliphatic carbocycles. The van der Waals surface area contributed by atoms with Gasteiger partial charge in [-0.25, -0.2) is 18.5 Å². The van der Waals surface area contributed by atoms with Crippen LogP contribution in [0.4, 0.5) is 0 Å². The van der Waals surface area contributed by atoms with E-state index < -0.39 is 10.0 Å². The second kappa shape index (κ2) is 7.41. The largest absolute Gasteiger partial charge is 0.376 e. The van der Waals surface area contributed by atoms with Crippen LogP contribution in [0.3, 0.4) is 0 Å². The number of ether oxygens (including phenoxy) is 1. The van der Waals surface area contributed by atoms with Gasteiger partial charge in [0.15, 0.2) is 0 Å². The molecule has 8 heteroatoms. The zero-order chi connectivity index (χ0) is 18.0. The fourth-order valence-corrected chi connectivity index (χ4v) is 3.79. The Kier molecular flexibility index (Phi) is 5.43. The minimum absolute atomic E-state index is 0.103. The quantitative estimate of drug-likeness (QED) is 0.840.